The molecule has 0 fully saturated rings. The average molecular weight is 511 g/mol. The van der Waals surface area contributed by atoms with E-state index in [4.69, 9.17) is 4.42 Å². The van der Waals surface area contributed by atoms with E-state index in [1.807, 2.05) is 48.0 Å². The predicted molar refractivity (Wildman–Crippen MR) is 148 cm³/mol. The van der Waals surface area contributed by atoms with Crippen LogP contribution in [0.25, 0.3) is 10.9 Å². The summed E-state index contributed by atoms with van der Waals surface area (Å²) in [7, 11) is 0. The number of nitrogens with one attached hydrogen (secondary N) is 1. The second-order valence-corrected chi connectivity index (χ2v) is 10.6. The molecule has 196 valence electrons. The van der Waals surface area contributed by atoms with E-state index < -0.39 is 6.04 Å². The summed E-state index contributed by atoms with van der Waals surface area (Å²) in [6, 6.07) is 19.7. The number of hydrogen-bond donors (Lipinski definition) is 1. The number of hydrogen-bond acceptors (Lipinski definition) is 6. The lowest BCUT2D eigenvalue weighted by molar-refractivity contribution is 0.168. The minimum atomic E-state index is -0.532. The van der Waals surface area contributed by atoms with E-state index in [1.54, 1.807) is 6.26 Å². The Hall–Kier alpha value is -4.04. The minimum Gasteiger partial charge on any atom is -0.468 e. The van der Waals surface area contributed by atoms with Crippen LogP contribution in [-0.2, 0) is 18.6 Å². The molecule has 1 unspecified atom stereocenters. The minimum absolute atomic E-state index is 0.157. The highest BCUT2D eigenvalue weighted by Gasteiger charge is 2.35. The number of fused-ring (bicyclic) bond motifs is 1. The normalized spacial score (nSPS) is 12.9. The molecule has 38 heavy (non-hydrogen) atoms. The summed E-state index contributed by atoms with van der Waals surface area (Å²) in [6.45, 7) is 11.4. The van der Waals surface area contributed by atoms with Crippen LogP contribution in [0.4, 0.5) is 0 Å². The van der Waals surface area contributed by atoms with Crippen LogP contribution >= 0.6 is 0 Å². The fraction of sp³-hybridized carbons (Fsp3) is 0.333. The third-order valence-electron chi connectivity index (χ3n) is 7.33. The van der Waals surface area contributed by atoms with Gasteiger partial charge < -0.3 is 9.40 Å². The van der Waals surface area contributed by atoms with Crippen molar-refractivity contribution in [2.45, 2.75) is 65.7 Å². The largest absolute Gasteiger partial charge is 0.468 e. The zero-order chi connectivity index (χ0) is 26.9. The monoisotopic (exact) mass is 510 g/mol. The standard InChI is InChI=1S/C30H34N6O2/c1-6-30(4,5)36-28(32-33-34-36)27(25-17-23-16-20(2)15-21(3)26(23)31-29(25)37)35(19-24-13-10-14-38-24)18-22-11-8-7-9-12-22/h7-17,27H,6,18-19H2,1-5H3,(H,31,37). The topological polar surface area (TPSA) is 92.8 Å². The molecule has 0 aliphatic carbocycles. The first kappa shape index (κ1) is 25.6. The van der Waals surface area contributed by atoms with Gasteiger partial charge in [-0.05, 0) is 85.3 Å². The van der Waals surface area contributed by atoms with E-state index in [-0.39, 0.29) is 11.1 Å². The first-order valence-corrected chi connectivity index (χ1v) is 13.0. The van der Waals surface area contributed by atoms with Crippen molar-refractivity contribution >= 4 is 10.9 Å². The third-order valence-corrected chi connectivity index (χ3v) is 7.33. The van der Waals surface area contributed by atoms with Gasteiger partial charge in [0.1, 0.15) is 11.8 Å². The fourth-order valence-corrected chi connectivity index (χ4v) is 5.01. The van der Waals surface area contributed by atoms with Gasteiger partial charge in [0.2, 0.25) is 0 Å². The van der Waals surface area contributed by atoms with Crippen molar-refractivity contribution in [1.82, 2.24) is 30.1 Å². The molecule has 3 aromatic heterocycles. The smallest absolute Gasteiger partial charge is 0.253 e. The molecule has 1 N–H and O–H groups in total. The summed E-state index contributed by atoms with van der Waals surface area (Å²) in [5.74, 6) is 1.41. The Labute approximate surface area is 222 Å². The van der Waals surface area contributed by atoms with Crippen molar-refractivity contribution < 1.29 is 4.42 Å². The molecule has 8 heteroatoms. The Morgan fingerprint density at radius 2 is 1.84 bits per heavy atom. The number of tetrazole rings is 1. The van der Waals surface area contributed by atoms with Gasteiger partial charge in [0.25, 0.3) is 5.56 Å². The molecular formula is C30H34N6O2. The lowest BCUT2D eigenvalue weighted by Crippen LogP contribution is -2.38. The van der Waals surface area contributed by atoms with Gasteiger partial charge in [0.15, 0.2) is 5.82 Å². The van der Waals surface area contributed by atoms with Crippen LogP contribution in [0.15, 0.2) is 76.1 Å². The van der Waals surface area contributed by atoms with Crippen LogP contribution in [0.1, 0.15) is 67.1 Å². The lowest BCUT2D eigenvalue weighted by atomic mass is 9.98. The van der Waals surface area contributed by atoms with Gasteiger partial charge in [-0.2, -0.15) is 0 Å². The average Bonchev–Trinajstić information content (AvgIpc) is 3.59. The Kier molecular flexibility index (Phi) is 6.99. The summed E-state index contributed by atoms with van der Waals surface area (Å²) >= 11 is 0. The van der Waals surface area contributed by atoms with Crippen LogP contribution in [0.2, 0.25) is 0 Å². The summed E-state index contributed by atoms with van der Waals surface area (Å²) < 4.78 is 7.63. The van der Waals surface area contributed by atoms with Crippen molar-refractivity contribution in [3.8, 4) is 0 Å². The lowest BCUT2D eigenvalue weighted by Gasteiger charge is -2.33. The van der Waals surface area contributed by atoms with Gasteiger partial charge in [0.05, 0.1) is 23.9 Å². The number of aromatic nitrogens is 5. The van der Waals surface area contributed by atoms with E-state index in [9.17, 15) is 4.79 Å². The van der Waals surface area contributed by atoms with E-state index >= 15 is 0 Å². The van der Waals surface area contributed by atoms with Crippen LogP contribution in [-0.4, -0.2) is 30.1 Å². The molecule has 0 saturated carbocycles. The number of nitrogens with zero attached hydrogens (tertiary/aromatic N) is 5. The highest BCUT2D eigenvalue weighted by atomic mass is 16.3. The Bertz CT molecular complexity index is 1580. The Balaban J connectivity index is 1.75. The van der Waals surface area contributed by atoms with Crippen molar-refractivity contribution in [2.24, 2.45) is 0 Å². The number of pyridine rings is 1. The summed E-state index contributed by atoms with van der Waals surface area (Å²) in [4.78, 5) is 19.2. The molecule has 8 nitrogen and oxygen atoms in total. The second kappa shape index (κ2) is 10.4. The Morgan fingerprint density at radius 3 is 2.55 bits per heavy atom. The molecule has 5 rings (SSSR count). The first-order valence-electron chi connectivity index (χ1n) is 13.0. The van der Waals surface area contributed by atoms with Crippen LogP contribution in [0.3, 0.4) is 0 Å². The fourth-order valence-electron chi connectivity index (χ4n) is 5.01. The zero-order valence-corrected chi connectivity index (χ0v) is 22.6. The van der Waals surface area contributed by atoms with Gasteiger partial charge in [0, 0.05) is 12.1 Å². The molecule has 0 amide bonds. The second-order valence-electron chi connectivity index (χ2n) is 10.6. The maximum atomic E-state index is 13.8. The molecule has 5 aromatic rings. The molecule has 1 atom stereocenters. The summed E-state index contributed by atoms with van der Waals surface area (Å²) in [6.07, 6.45) is 2.49. The molecule has 0 radical (unpaired) electrons. The zero-order valence-electron chi connectivity index (χ0n) is 22.6. The molecule has 2 aromatic carbocycles. The van der Waals surface area contributed by atoms with Crippen molar-refractivity contribution in [2.75, 3.05) is 0 Å². The van der Waals surface area contributed by atoms with E-state index in [2.05, 4.69) is 77.4 Å². The molecule has 0 bridgehead atoms. The maximum absolute atomic E-state index is 13.8. The van der Waals surface area contributed by atoms with Gasteiger partial charge in [-0.3, -0.25) is 9.69 Å². The van der Waals surface area contributed by atoms with Crippen molar-refractivity contribution in [3.63, 3.8) is 0 Å². The summed E-state index contributed by atoms with van der Waals surface area (Å²) in [5, 5.41) is 14.0. The first-order chi connectivity index (χ1) is 18.3. The van der Waals surface area contributed by atoms with Crippen molar-refractivity contribution in [1.29, 1.82) is 0 Å². The van der Waals surface area contributed by atoms with Crippen LogP contribution < -0.4 is 5.56 Å². The highest BCUT2D eigenvalue weighted by Crippen LogP contribution is 2.33. The SMILES string of the molecule is CCC(C)(C)n1nnnc1C(c1cc2cc(C)cc(C)c2[nH]c1=O)N(Cc1ccccc1)Cc1ccco1. The Morgan fingerprint density at radius 1 is 1.05 bits per heavy atom. The third kappa shape index (κ3) is 5.04. The van der Waals surface area contributed by atoms with Crippen LogP contribution in [0, 0.1) is 13.8 Å². The maximum Gasteiger partial charge on any atom is 0.253 e. The molecule has 0 aliphatic rings. The van der Waals surface area contributed by atoms with E-state index in [0.29, 0.717) is 24.5 Å². The van der Waals surface area contributed by atoms with Gasteiger partial charge in [-0.1, -0.05) is 48.9 Å². The number of H-pyrrole nitrogens is 1. The molecule has 0 spiro atoms. The van der Waals surface area contributed by atoms with E-state index in [1.165, 1.54) is 0 Å². The predicted octanol–water partition coefficient (Wildman–Crippen LogP) is 5.66. The van der Waals surface area contributed by atoms with Gasteiger partial charge in [-0.25, -0.2) is 4.68 Å². The summed E-state index contributed by atoms with van der Waals surface area (Å²) in [5.41, 5.74) is 4.21. The van der Waals surface area contributed by atoms with Gasteiger partial charge >= 0.3 is 0 Å². The van der Waals surface area contributed by atoms with E-state index in [0.717, 1.165) is 39.8 Å². The number of benzene rings is 2. The number of rotatable bonds is 9. The number of aromatic amines is 1. The van der Waals surface area contributed by atoms with Gasteiger partial charge in [-0.15, -0.1) is 5.10 Å². The van der Waals surface area contributed by atoms with Crippen molar-refractivity contribution in [3.05, 3.63) is 111 Å². The number of furan rings is 1. The van der Waals surface area contributed by atoms with Crippen LogP contribution in [0.5, 0.6) is 0 Å². The number of aryl methyl sites for hydroxylation is 2. The molecule has 3 heterocycles. The molecule has 0 saturated heterocycles. The quantitative estimate of drug-likeness (QED) is 0.275. The molecular weight excluding hydrogens is 476 g/mol. The molecule has 0 aliphatic heterocycles. The highest BCUT2D eigenvalue weighted by molar-refractivity contribution is 5.83.